The summed E-state index contributed by atoms with van der Waals surface area (Å²) in [5.74, 6) is 0.837. The van der Waals surface area contributed by atoms with Crippen LogP contribution in [0.4, 0.5) is 0 Å². The molecule has 0 radical (unpaired) electrons. The van der Waals surface area contributed by atoms with E-state index in [9.17, 15) is 9.90 Å². The Hall–Kier alpha value is -3.03. The second-order valence-corrected chi connectivity index (χ2v) is 7.40. The second kappa shape index (κ2) is 7.18. The van der Waals surface area contributed by atoms with Crippen molar-refractivity contribution in [1.82, 2.24) is 9.38 Å². The Labute approximate surface area is 168 Å². The number of imidazole rings is 1. The van der Waals surface area contributed by atoms with E-state index in [1.807, 2.05) is 24.3 Å². The number of methoxy groups -OCH3 is 2. The minimum absolute atomic E-state index is 0.132. The average molecular weight is 415 g/mol. The first-order valence-corrected chi connectivity index (χ1v) is 9.44. The van der Waals surface area contributed by atoms with Crippen LogP contribution < -0.4 is 19.6 Å². The number of phenolic OH excluding ortho intramolecular Hbond substituents is 1. The van der Waals surface area contributed by atoms with E-state index in [1.165, 1.54) is 22.8 Å². The minimum Gasteiger partial charge on any atom is -0.503 e. The largest absolute Gasteiger partial charge is 0.503 e. The Balaban J connectivity index is 1.79. The maximum Gasteiger partial charge on any atom is 0.274 e. The highest BCUT2D eigenvalue weighted by Gasteiger charge is 2.12. The summed E-state index contributed by atoms with van der Waals surface area (Å²) in [4.78, 5) is 17.9. The highest BCUT2D eigenvalue weighted by Crippen LogP contribution is 2.35. The van der Waals surface area contributed by atoms with Crippen molar-refractivity contribution in [3.8, 4) is 28.5 Å². The zero-order chi connectivity index (χ0) is 19.8. The number of thiazole rings is 1. The number of ether oxygens (including phenoxy) is 2. The minimum atomic E-state index is -0.176. The van der Waals surface area contributed by atoms with E-state index in [4.69, 9.17) is 21.1 Å². The van der Waals surface area contributed by atoms with E-state index < -0.39 is 0 Å². The smallest absolute Gasteiger partial charge is 0.274 e. The number of halogens is 1. The number of rotatable bonds is 4. The molecule has 0 saturated heterocycles. The van der Waals surface area contributed by atoms with Gasteiger partial charge in [0.1, 0.15) is 5.75 Å². The molecule has 8 heteroatoms. The summed E-state index contributed by atoms with van der Waals surface area (Å²) in [6, 6.07) is 10.7. The zero-order valence-electron chi connectivity index (χ0n) is 15.0. The van der Waals surface area contributed by atoms with E-state index >= 15 is 0 Å². The monoisotopic (exact) mass is 414 g/mol. The van der Waals surface area contributed by atoms with Gasteiger partial charge < -0.3 is 14.6 Å². The van der Waals surface area contributed by atoms with Crippen LogP contribution in [0.2, 0.25) is 5.02 Å². The van der Waals surface area contributed by atoms with Crippen molar-refractivity contribution in [3.05, 3.63) is 68.1 Å². The summed E-state index contributed by atoms with van der Waals surface area (Å²) in [7, 11) is 3.04. The molecule has 0 saturated carbocycles. The van der Waals surface area contributed by atoms with Crippen molar-refractivity contribution in [2.75, 3.05) is 14.2 Å². The summed E-state index contributed by atoms with van der Waals surface area (Å²) < 4.78 is 12.4. The molecule has 4 rings (SSSR count). The summed E-state index contributed by atoms with van der Waals surface area (Å²) in [5, 5.41) is 10.00. The molecule has 2 aromatic heterocycles. The van der Waals surface area contributed by atoms with Gasteiger partial charge in [0, 0.05) is 11.8 Å². The van der Waals surface area contributed by atoms with Gasteiger partial charge in [0.15, 0.2) is 16.5 Å². The highest BCUT2D eigenvalue weighted by molar-refractivity contribution is 7.15. The Morgan fingerprint density at radius 3 is 2.75 bits per heavy atom. The number of hydrogen-bond acceptors (Lipinski definition) is 6. The molecule has 0 aliphatic rings. The van der Waals surface area contributed by atoms with Crippen molar-refractivity contribution in [2.24, 2.45) is 0 Å². The molecule has 2 heterocycles. The van der Waals surface area contributed by atoms with Crippen molar-refractivity contribution in [2.45, 2.75) is 0 Å². The van der Waals surface area contributed by atoms with E-state index in [0.29, 0.717) is 20.8 Å². The van der Waals surface area contributed by atoms with Gasteiger partial charge in [-0.2, -0.15) is 0 Å². The first kappa shape index (κ1) is 18.3. The topological polar surface area (TPSA) is 73.1 Å². The van der Waals surface area contributed by atoms with Crippen LogP contribution in [-0.4, -0.2) is 28.7 Å². The van der Waals surface area contributed by atoms with Gasteiger partial charge in [0.25, 0.3) is 5.56 Å². The third kappa shape index (κ3) is 3.19. The van der Waals surface area contributed by atoms with Crippen LogP contribution in [0, 0.1) is 0 Å². The van der Waals surface area contributed by atoms with Crippen molar-refractivity contribution in [3.63, 3.8) is 0 Å². The second-order valence-electron chi connectivity index (χ2n) is 5.98. The number of benzene rings is 2. The predicted octanol–water partition coefficient (Wildman–Crippen LogP) is 3.35. The number of fused-ring (bicyclic) bond motifs is 1. The maximum atomic E-state index is 12.8. The lowest BCUT2D eigenvalue weighted by Gasteiger charge is -2.05. The Kier molecular flexibility index (Phi) is 4.70. The zero-order valence-corrected chi connectivity index (χ0v) is 16.5. The fourth-order valence-corrected chi connectivity index (χ4v) is 4.01. The summed E-state index contributed by atoms with van der Waals surface area (Å²) in [5.41, 5.74) is 2.04. The van der Waals surface area contributed by atoms with Gasteiger partial charge in [-0.25, -0.2) is 4.98 Å². The van der Waals surface area contributed by atoms with Crippen LogP contribution >= 0.6 is 22.9 Å². The van der Waals surface area contributed by atoms with Gasteiger partial charge in [-0.15, -0.1) is 0 Å². The Morgan fingerprint density at radius 2 is 2.04 bits per heavy atom. The fraction of sp³-hybridized carbons (Fsp3) is 0.100. The van der Waals surface area contributed by atoms with E-state index in [2.05, 4.69) is 4.98 Å². The van der Waals surface area contributed by atoms with Gasteiger partial charge in [0.2, 0.25) is 0 Å². The Morgan fingerprint density at radius 1 is 1.21 bits per heavy atom. The van der Waals surface area contributed by atoms with Crippen LogP contribution in [0.3, 0.4) is 0 Å². The molecule has 142 valence electrons. The Bertz CT molecular complexity index is 1300. The number of phenols is 1. The van der Waals surface area contributed by atoms with Gasteiger partial charge in [-0.1, -0.05) is 35.1 Å². The van der Waals surface area contributed by atoms with Gasteiger partial charge in [-0.05, 0) is 35.9 Å². The van der Waals surface area contributed by atoms with Crippen LogP contribution in [-0.2, 0) is 0 Å². The summed E-state index contributed by atoms with van der Waals surface area (Å²) in [6.45, 7) is 0. The summed E-state index contributed by atoms with van der Waals surface area (Å²) in [6.07, 6.45) is 3.41. The molecule has 28 heavy (non-hydrogen) atoms. The molecule has 4 aromatic rings. The molecule has 0 unspecified atom stereocenters. The fourth-order valence-electron chi connectivity index (χ4n) is 2.84. The SMILES string of the molecule is COc1cccc(-c2cn3c(=O)c(=Cc4cc(Cl)c(O)c(OC)c4)sc3n2)c1. The number of hydrogen-bond donors (Lipinski definition) is 1. The number of aromatic hydroxyl groups is 1. The van der Waals surface area contributed by atoms with Crippen molar-refractivity contribution >= 4 is 34.0 Å². The van der Waals surface area contributed by atoms with Crippen LogP contribution in [0.5, 0.6) is 17.2 Å². The normalized spacial score (nSPS) is 11.9. The van der Waals surface area contributed by atoms with Crippen molar-refractivity contribution in [1.29, 1.82) is 0 Å². The van der Waals surface area contributed by atoms with Crippen molar-refractivity contribution < 1.29 is 14.6 Å². The van der Waals surface area contributed by atoms with E-state index in [1.54, 1.807) is 31.5 Å². The molecule has 0 spiro atoms. The van der Waals surface area contributed by atoms with Gasteiger partial charge >= 0.3 is 0 Å². The molecule has 0 fully saturated rings. The van der Waals surface area contributed by atoms with E-state index in [-0.39, 0.29) is 22.1 Å². The van der Waals surface area contributed by atoms with E-state index in [0.717, 1.165) is 11.3 Å². The molecule has 0 aliphatic heterocycles. The van der Waals surface area contributed by atoms with Crippen LogP contribution in [0.15, 0.2) is 47.4 Å². The predicted molar refractivity (Wildman–Crippen MR) is 110 cm³/mol. The average Bonchev–Trinajstić information content (AvgIpc) is 3.24. The highest BCUT2D eigenvalue weighted by atomic mass is 35.5. The molecular weight excluding hydrogens is 400 g/mol. The lowest BCUT2D eigenvalue weighted by molar-refractivity contribution is 0.373. The molecule has 0 amide bonds. The number of nitrogens with zero attached hydrogens (tertiary/aromatic N) is 2. The summed E-state index contributed by atoms with van der Waals surface area (Å²) >= 11 is 7.30. The van der Waals surface area contributed by atoms with Gasteiger partial charge in [-0.3, -0.25) is 9.20 Å². The lowest BCUT2D eigenvalue weighted by Crippen LogP contribution is -2.22. The van der Waals surface area contributed by atoms with Crippen LogP contribution in [0.25, 0.3) is 22.3 Å². The molecule has 6 nitrogen and oxygen atoms in total. The molecule has 0 bridgehead atoms. The third-order valence-corrected chi connectivity index (χ3v) is 5.51. The molecule has 0 atom stereocenters. The maximum absolute atomic E-state index is 12.8. The standard InChI is InChI=1S/C20H15ClN2O4S/c1-26-13-5-3-4-12(9-13)15-10-23-19(25)17(28-20(23)22-15)8-11-6-14(21)18(24)16(7-11)27-2/h3-10,24H,1-2H3. The van der Waals surface area contributed by atoms with Gasteiger partial charge in [0.05, 0.1) is 29.5 Å². The molecular formula is C20H15ClN2O4S. The molecule has 1 N–H and O–H groups in total. The third-order valence-electron chi connectivity index (χ3n) is 4.24. The quantitative estimate of drug-likeness (QED) is 0.554. The first-order valence-electron chi connectivity index (χ1n) is 8.24. The molecule has 2 aromatic carbocycles. The van der Waals surface area contributed by atoms with Crippen LogP contribution in [0.1, 0.15) is 5.56 Å². The lowest BCUT2D eigenvalue weighted by atomic mass is 10.1. The number of aromatic nitrogens is 2. The first-order chi connectivity index (χ1) is 13.5. The molecule has 0 aliphatic carbocycles.